The second-order valence-corrected chi connectivity index (χ2v) is 6.38. The third-order valence-corrected chi connectivity index (χ3v) is 4.84. The van der Waals surface area contributed by atoms with E-state index in [1.165, 1.54) is 16.9 Å². The first-order valence-corrected chi connectivity index (χ1v) is 8.33. The van der Waals surface area contributed by atoms with Crippen molar-refractivity contribution in [3.05, 3.63) is 56.6 Å². The van der Waals surface area contributed by atoms with Gasteiger partial charge in [-0.3, -0.25) is 9.69 Å². The lowest BCUT2D eigenvalue weighted by atomic mass is 10.00. The predicted octanol–water partition coefficient (Wildman–Crippen LogP) is 2.36. The van der Waals surface area contributed by atoms with Crippen LogP contribution in [0.4, 0.5) is 0 Å². The topological polar surface area (TPSA) is 48.1 Å². The summed E-state index contributed by atoms with van der Waals surface area (Å²) in [6.45, 7) is 4.98. The minimum atomic E-state index is 0.0310. The van der Waals surface area contributed by atoms with Crippen molar-refractivity contribution >= 4 is 11.3 Å². The van der Waals surface area contributed by atoms with Crippen LogP contribution >= 0.6 is 11.3 Å². The van der Waals surface area contributed by atoms with Crippen LogP contribution in [-0.4, -0.2) is 29.0 Å². The second-order valence-electron chi connectivity index (χ2n) is 5.54. The van der Waals surface area contributed by atoms with E-state index in [0.29, 0.717) is 12.1 Å². The molecular weight excluding hydrogens is 282 g/mol. The van der Waals surface area contributed by atoms with Crippen molar-refractivity contribution in [2.24, 2.45) is 0 Å². The zero-order valence-electron chi connectivity index (χ0n) is 12.2. The molecule has 4 nitrogen and oxygen atoms in total. The van der Waals surface area contributed by atoms with Gasteiger partial charge < -0.3 is 10.3 Å². The lowest BCUT2D eigenvalue weighted by Gasteiger charge is -2.40. The third kappa shape index (κ3) is 3.43. The Morgan fingerprint density at radius 3 is 2.81 bits per heavy atom. The maximum Gasteiger partial charge on any atom is 0.304 e. The molecule has 2 aromatic rings. The molecule has 112 valence electrons. The fraction of sp³-hybridized carbons (Fsp3) is 0.438. The number of benzene rings is 1. The number of piperazine rings is 1. The van der Waals surface area contributed by atoms with E-state index in [2.05, 4.69) is 52.5 Å². The predicted molar refractivity (Wildman–Crippen MR) is 86.6 cm³/mol. The number of H-pyrrole nitrogens is 1. The van der Waals surface area contributed by atoms with Crippen LogP contribution in [-0.2, 0) is 6.54 Å². The normalized spacial score (nSPS) is 23.3. The summed E-state index contributed by atoms with van der Waals surface area (Å²) in [5, 5.41) is 5.57. The number of nitrogens with one attached hydrogen (secondary N) is 2. The quantitative estimate of drug-likeness (QED) is 0.911. The molecule has 0 aliphatic carbocycles. The number of nitrogens with zero attached hydrogens (tertiary/aromatic N) is 1. The summed E-state index contributed by atoms with van der Waals surface area (Å²) in [6.07, 6.45) is 1.12. The minimum absolute atomic E-state index is 0.0310. The smallest absolute Gasteiger partial charge is 0.304 e. The molecule has 1 aromatic carbocycles. The minimum Gasteiger partial charge on any atom is -0.315 e. The molecular formula is C16H21N3OS. The molecule has 2 atom stereocenters. The van der Waals surface area contributed by atoms with Gasteiger partial charge in [0.2, 0.25) is 0 Å². The van der Waals surface area contributed by atoms with Crippen LogP contribution in [0.2, 0.25) is 0 Å². The lowest BCUT2D eigenvalue weighted by Crippen LogP contribution is -2.51. The van der Waals surface area contributed by atoms with Gasteiger partial charge in [-0.25, -0.2) is 0 Å². The fourth-order valence-corrected chi connectivity index (χ4v) is 3.52. The van der Waals surface area contributed by atoms with E-state index in [1.54, 1.807) is 0 Å². The Labute approximate surface area is 128 Å². The number of hydrogen-bond acceptors (Lipinski definition) is 4. The van der Waals surface area contributed by atoms with E-state index in [0.717, 1.165) is 31.7 Å². The number of thiazole rings is 1. The van der Waals surface area contributed by atoms with Crippen molar-refractivity contribution in [3.8, 4) is 0 Å². The summed E-state index contributed by atoms with van der Waals surface area (Å²) < 4.78 is 0. The molecule has 1 saturated heterocycles. The molecule has 0 radical (unpaired) electrons. The lowest BCUT2D eigenvalue weighted by molar-refractivity contribution is 0.119. The molecule has 0 bridgehead atoms. The van der Waals surface area contributed by atoms with Crippen molar-refractivity contribution in [1.82, 2.24) is 15.2 Å². The van der Waals surface area contributed by atoms with Gasteiger partial charge >= 0.3 is 4.87 Å². The zero-order chi connectivity index (χ0) is 14.7. The highest BCUT2D eigenvalue weighted by molar-refractivity contribution is 7.07. The summed E-state index contributed by atoms with van der Waals surface area (Å²) in [7, 11) is 0. The standard InChI is InChI=1S/C16H21N3OS/c1-2-13-9-19(10-14-11-21-16(20)18-14)15(8-17-13)12-6-4-3-5-7-12/h3-7,11,13,15,17H,2,8-10H2,1H3,(H,18,20). The molecule has 3 rings (SSSR count). The number of hydrogen-bond donors (Lipinski definition) is 2. The van der Waals surface area contributed by atoms with E-state index in [1.807, 2.05) is 5.38 Å². The van der Waals surface area contributed by atoms with Gasteiger partial charge in [-0.15, -0.1) is 0 Å². The summed E-state index contributed by atoms with van der Waals surface area (Å²) in [6, 6.07) is 11.5. The first-order chi connectivity index (χ1) is 10.3. The Morgan fingerprint density at radius 2 is 2.14 bits per heavy atom. The molecule has 1 aliphatic heterocycles. The van der Waals surface area contributed by atoms with Crippen LogP contribution in [0, 0.1) is 0 Å². The van der Waals surface area contributed by atoms with Crippen LogP contribution in [0.25, 0.3) is 0 Å². The number of rotatable bonds is 4. The van der Waals surface area contributed by atoms with Gasteiger partial charge in [0.15, 0.2) is 0 Å². The van der Waals surface area contributed by atoms with Gasteiger partial charge in [-0.1, -0.05) is 48.6 Å². The van der Waals surface area contributed by atoms with Crippen molar-refractivity contribution in [2.45, 2.75) is 32.0 Å². The molecule has 2 unspecified atom stereocenters. The summed E-state index contributed by atoms with van der Waals surface area (Å²) in [4.78, 5) is 16.8. The molecule has 0 amide bonds. The molecule has 5 heteroatoms. The molecule has 21 heavy (non-hydrogen) atoms. The molecule has 1 aromatic heterocycles. The third-order valence-electron chi connectivity index (χ3n) is 4.12. The van der Waals surface area contributed by atoms with E-state index < -0.39 is 0 Å². The van der Waals surface area contributed by atoms with Crippen molar-refractivity contribution in [1.29, 1.82) is 0 Å². The van der Waals surface area contributed by atoms with E-state index >= 15 is 0 Å². The van der Waals surface area contributed by atoms with Gasteiger partial charge in [0.1, 0.15) is 0 Å². The number of aromatic nitrogens is 1. The largest absolute Gasteiger partial charge is 0.315 e. The SMILES string of the molecule is CCC1CN(Cc2csc(=O)[nH]2)C(c2ccccc2)CN1. The first-order valence-electron chi connectivity index (χ1n) is 7.45. The highest BCUT2D eigenvalue weighted by Gasteiger charge is 2.28. The summed E-state index contributed by atoms with van der Waals surface area (Å²) in [5.74, 6) is 0. The van der Waals surface area contributed by atoms with Gasteiger partial charge in [-0.05, 0) is 12.0 Å². The molecule has 0 saturated carbocycles. The Kier molecular flexibility index (Phi) is 4.53. The van der Waals surface area contributed by atoms with E-state index in [9.17, 15) is 4.79 Å². The Bertz CT molecular complexity index is 622. The Balaban J connectivity index is 1.81. The van der Waals surface area contributed by atoms with E-state index in [4.69, 9.17) is 0 Å². The van der Waals surface area contributed by atoms with Crippen molar-refractivity contribution in [2.75, 3.05) is 13.1 Å². The molecule has 0 spiro atoms. The average Bonchev–Trinajstić information content (AvgIpc) is 2.93. The van der Waals surface area contributed by atoms with Crippen LogP contribution < -0.4 is 10.2 Å². The molecule has 1 fully saturated rings. The molecule has 2 N–H and O–H groups in total. The number of aromatic amines is 1. The van der Waals surface area contributed by atoms with Gasteiger partial charge in [0.25, 0.3) is 0 Å². The van der Waals surface area contributed by atoms with Crippen molar-refractivity contribution in [3.63, 3.8) is 0 Å². The Morgan fingerprint density at radius 1 is 1.33 bits per heavy atom. The van der Waals surface area contributed by atoms with Crippen molar-refractivity contribution < 1.29 is 0 Å². The summed E-state index contributed by atoms with van der Waals surface area (Å²) >= 11 is 1.24. The van der Waals surface area contributed by atoms with Crippen LogP contribution in [0.3, 0.4) is 0 Å². The molecule has 2 heterocycles. The maximum atomic E-state index is 11.3. The van der Waals surface area contributed by atoms with Crippen LogP contribution in [0.1, 0.15) is 30.6 Å². The summed E-state index contributed by atoms with van der Waals surface area (Å²) in [5.41, 5.74) is 2.35. The highest BCUT2D eigenvalue weighted by Crippen LogP contribution is 2.25. The molecule has 1 aliphatic rings. The van der Waals surface area contributed by atoms with Gasteiger partial charge in [0.05, 0.1) is 0 Å². The van der Waals surface area contributed by atoms with E-state index in [-0.39, 0.29) is 4.87 Å². The zero-order valence-corrected chi connectivity index (χ0v) is 13.0. The maximum absolute atomic E-state index is 11.3. The second kappa shape index (κ2) is 6.56. The van der Waals surface area contributed by atoms with Crippen LogP contribution in [0.5, 0.6) is 0 Å². The Hall–Kier alpha value is -1.43. The fourth-order valence-electron chi connectivity index (χ4n) is 2.94. The average molecular weight is 303 g/mol. The van der Waals surface area contributed by atoms with Gasteiger partial charge in [-0.2, -0.15) is 0 Å². The highest BCUT2D eigenvalue weighted by atomic mass is 32.1. The van der Waals surface area contributed by atoms with Gasteiger partial charge in [0, 0.05) is 42.8 Å². The monoisotopic (exact) mass is 303 g/mol. The first kappa shape index (κ1) is 14.5. The van der Waals surface area contributed by atoms with Crippen LogP contribution in [0.15, 0.2) is 40.5 Å².